The molecule has 0 atom stereocenters. The Morgan fingerprint density at radius 1 is 1.05 bits per heavy atom. The van der Waals surface area contributed by atoms with Gasteiger partial charge in [-0.2, -0.15) is 13.5 Å². The van der Waals surface area contributed by atoms with Crippen LogP contribution in [0.2, 0.25) is 0 Å². The lowest BCUT2D eigenvalue weighted by Crippen LogP contribution is -2.24. The first-order valence-corrected chi connectivity index (χ1v) is 14.0. The molecule has 4 rings (SSSR count). The van der Waals surface area contributed by atoms with Crippen LogP contribution >= 0.6 is 0 Å². The van der Waals surface area contributed by atoms with Gasteiger partial charge < -0.3 is 19.4 Å². The highest BCUT2D eigenvalue weighted by atomic mass is 32.2. The summed E-state index contributed by atoms with van der Waals surface area (Å²) in [5.74, 6) is -0.973. The molecule has 0 saturated heterocycles. The smallest absolute Gasteiger partial charge is 0.261 e. The second-order valence-electron chi connectivity index (χ2n) is 8.79. The molecule has 41 heavy (non-hydrogen) atoms. The molecule has 1 amide bonds. The molecule has 12 nitrogen and oxygen atoms in total. The van der Waals surface area contributed by atoms with E-state index in [0.717, 1.165) is 11.1 Å². The SMILES string of the molecule is COCc1nn(Cc2ccc(Cn3ccccc3=O)cc2)cc1C(=O)NCc1nccc(OC)c1F.CS(=O)(=O)O. The summed E-state index contributed by atoms with van der Waals surface area (Å²) in [5.41, 5.74) is 2.78. The van der Waals surface area contributed by atoms with Crippen molar-refractivity contribution in [2.45, 2.75) is 26.2 Å². The third kappa shape index (κ3) is 9.63. The highest BCUT2D eigenvalue weighted by Crippen LogP contribution is 2.18. The fraction of sp³-hybridized carbons (Fsp3) is 0.259. The zero-order valence-corrected chi connectivity index (χ0v) is 23.5. The van der Waals surface area contributed by atoms with E-state index in [1.165, 1.54) is 32.5 Å². The molecule has 14 heteroatoms. The second kappa shape index (κ2) is 14.3. The van der Waals surface area contributed by atoms with Crippen molar-refractivity contribution < 1.29 is 31.6 Å². The van der Waals surface area contributed by atoms with Gasteiger partial charge in [-0.25, -0.2) is 4.39 Å². The number of hydrogen-bond donors (Lipinski definition) is 2. The molecule has 0 unspecified atom stereocenters. The van der Waals surface area contributed by atoms with Crippen LogP contribution in [0.5, 0.6) is 5.75 Å². The minimum absolute atomic E-state index is 0.0560. The average Bonchev–Trinajstić information content (AvgIpc) is 3.32. The summed E-state index contributed by atoms with van der Waals surface area (Å²) in [7, 11) is -0.780. The number of pyridine rings is 2. The van der Waals surface area contributed by atoms with Gasteiger partial charge in [0.15, 0.2) is 11.6 Å². The van der Waals surface area contributed by atoms with Gasteiger partial charge >= 0.3 is 0 Å². The fourth-order valence-corrected chi connectivity index (χ4v) is 3.71. The molecule has 0 saturated carbocycles. The molecular weight excluding hydrogens is 557 g/mol. The van der Waals surface area contributed by atoms with Crippen molar-refractivity contribution in [3.63, 3.8) is 0 Å². The Labute approximate surface area is 236 Å². The Balaban J connectivity index is 0.000000850. The van der Waals surface area contributed by atoms with Crippen molar-refractivity contribution in [3.05, 3.63) is 111 Å². The normalized spacial score (nSPS) is 11.0. The Bertz CT molecular complexity index is 1630. The summed E-state index contributed by atoms with van der Waals surface area (Å²) < 4.78 is 53.7. The Kier molecular flexibility index (Phi) is 10.9. The van der Waals surface area contributed by atoms with Crippen molar-refractivity contribution in [3.8, 4) is 5.75 Å². The summed E-state index contributed by atoms with van der Waals surface area (Å²) in [6.07, 6.45) is 5.52. The van der Waals surface area contributed by atoms with Crippen LogP contribution in [-0.4, -0.2) is 58.7 Å². The van der Waals surface area contributed by atoms with E-state index in [0.29, 0.717) is 30.6 Å². The van der Waals surface area contributed by atoms with Gasteiger partial charge in [0.1, 0.15) is 5.69 Å². The first-order chi connectivity index (χ1) is 19.5. The second-order valence-corrected chi connectivity index (χ2v) is 10.3. The van der Waals surface area contributed by atoms with Gasteiger partial charge in [-0.3, -0.25) is 23.8 Å². The predicted octanol–water partition coefficient (Wildman–Crippen LogP) is 2.26. The summed E-state index contributed by atoms with van der Waals surface area (Å²) in [5, 5.41) is 7.18. The van der Waals surface area contributed by atoms with E-state index in [2.05, 4.69) is 15.4 Å². The molecule has 0 fully saturated rings. The topological polar surface area (TPSA) is 155 Å². The Morgan fingerprint density at radius 3 is 2.32 bits per heavy atom. The maximum atomic E-state index is 14.4. The summed E-state index contributed by atoms with van der Waals surface area (Å²) in [6, 6.07) is 14.3. The van der Waals surface area contributed by atoms with Crippen LogP contribution in [0.25, 0.3) is 0 Å². The lowest BCUT2D eigenvalue weighted by Gasteiger charge is -2.08. The number of nitrogens with zero attached hydrogens (tertiary/aromatic N) is 4. The third-order valence-corrected chi connectivity index (χ3v) is 5.55. The molecular formula is C27H30FN5O7S. The molecule has 218 valence electrons. The molecule has 3 heterocycles. The zero-order valence-electron chi connectivity index (χ0n) is 22.7. The molecule has 4 aromatic rings. The molecule has 0 spiro atoms. The first kappa shape index (κ1) is 31.1. The van der Waals surface area contributed by atoms with Crippen LogP contribution in [-0.2, 0) is 41.1 Å². The minimum Gasteiger partial charge on any atom is -0.494 e. The standard InChI is InChI=1S/C26H26FN5O4.CH4O3S/c1-35-17-22-20(26(34)29-13-21-25(27)23(36-2)10-11-28-21)16-32(30-22)15-19-8-6-18(7-9-19)14-31-12-4-3-5-24(31)33;1-5(2,3)4/h3-12,16H,13-15,17H2,1-2H3,(H,29,34);1H3,(H,2,3,4). The molecule has 2 N–H and O–H groups in total. The number of methoxy groups -OCH3 is 2. The van der Waals surface area contributed by atoms with E-state index in [1.807, 2.05) is 30.3 Å². The van der Waals surface area contributed by atoms with E-state index in [-0.39, 0.29) is 30.2 Å². The lowest BCUT2D eigenvalue weighted by atomic mass is 10.1. The van der Waals surface area contributed by atoms with Crippen LogP contribution < -0.4 is 15.6 Å². The Morgan fingerprint density at radius 2 is 1.71 bits per heavy atom. The van der Waals surface area contributed by atoms with Crippen LogP contribution in [0.3, 0.4) is 0 Å². The number of carbonyl (C=O) groups is 1. The van der Waals surface area contributed by atoms with Gasteiger partial charge in [-0.05, 0) is 17.2 Å². The van der Waals surface area contributed by atoms with Crippen molar-refractivity contribution in [2.75, 3.05) is 20.5 Å². The number of halogens is 1. The predicted molar refractivity (Wildman–Crippen MR) is 148 cm³/mol. The van der Waals surface area contributed by atoms with Gasteiger partial charge in [0.05, 0.1) is 50.9 Å². The first-order valence-electron chi connectivity index (χ1n) is 12.1. The number of amides is 1. The van der Waals surface area contributed by atoms with Gasteiger partial charge in [-0.1, -0.05) is 30.3 Å². The summed E-state index contributed by atoms with van der Waals surface area (Å²) in [6.45, 7) is 0.951. The third-order valence-electron chi connectivity index (χ3n) is 5.55. The molecule has 1 aromatic carbocycles. The Hall–Kier alpha value is -4.40. The number of rotatable bonds is 10. The molecule has 3 aromatic heterocycles. The highest BCUT2D eigenvalue weighted by molar-refractivity contribution is 7.85. The number of carbonyl (C=O) groups excluding carboxylic acids is 1. The van der Waals surface area contributed by atoms with Crippen molar-refractivity contribution in [1.29, 1.82) is 0 Å². The highest BCUT2D eigenvalue weighted by Gasteiger charge is 2.18. The number of aromatic nitrogens is 4. The largest absolute Gasteiger partial charge is 0.494 e. The molecule has 0 aliphatic rings. The van der Waals surface area contributed by atoms with Crippen LogP contribution in [0, 0.1) is 5.82 Å². The van der Waals surface area contributed by atoms with Crippen molar-refractivity contribution in [1.82, 2.24) is 24.6 Å². The van der Waals surface area contributed by atoms with Gasteiger partial charge in [0.2, 0.25) is 0 Å². The summed E-state index contributed by atoms with van der Waals surface area (Å²) >= 11 is 0. The fourth-order valence-electron chi connectivity index (χ4n) is 3.71. The van der Waals surface area contributed by atoms with E-state index < -0.39 is 21.8 Å². The lowest BCUT2D eigenvalue weighted by molar-refractivity contribution is 0.0945. The molecule has 0 bridgehead atoms. The van der Waals surface area contributed by atoms with Gasteiger partial charge in [0.25, 0.3) is 21.6 Å². The number of benzene rings is 1. The van der Waals surface area contributed by atoms with E-state index >= 15 is 0 Å². The molecule has 0 aliphatic carbocycles. The molecule has 0 radical (unpaired) electrons. The van der Waals surface area contributed by atoms with Crippen LogP contribution in [0.4, 0.5) is 4.39 Å². The molecule has 0 aliphatic heterocycles. The quantitative estimate of drug-likeness (QED) is 0.266. The monoisotopic (exact) mass is 587 g/mol. The van der Waals surface area contributed by atoms with Gasteiger partial charge in [-0.15, -0.1) is 0 Å². The van der Waals surface area contributed by atoms with Gasteiger partial charge in [0, 0.05) is 37.8 Å². The summed E-state index contributed by atoms with van der Waals surface area (Å²) in [4.78, 5) is 28.8. The average molecular weight is 588 g/mol. The van der Waals surface area contributed by atoms with Crippen molar-refractivity contribution >= 4 is 16.0 Å². The minimum atomic E-state index is -3.67. The zero-order chi connectivity index (χ0) is 30.0. The van der Waals surface area contributed by atoms with Crippen LogP contribution in [0.15, 0.2) is 71.9 Å². The van der Waals surface area contributed by atoms with E-state index in [9.17, 15) is 22.4 Å². The number of ether oxygens (including phenoxy) is 2. The number of nitrogens with one attached hydrogen (secondary N) is 1. The van der Waals surface area contributed by atoms with Crippen molar-refractivity contribution in [2.24, 2.45) is 0 Å². The van der Waals surface area contributed by atoms with E-state index in [1.54, 1.807) is 27.7 Å². The van der Waals surface area contributed by atoms with E-state index in [4.69, 9.17) is 14.0 Å². The van der Waals surface area contributed by atoms with Crippen LogP contribution in [0.1, 0.15) is 32.9 Å². The maximum Gasteiger partial charge on any atom is 0.261 e. The maximum absolute atomic E-state index is 14.4. The number of hydrogen-bond acceptors (Lipinski definition) is 8.